The first-order chi connectivity index (χ1) is 42.6. The van der Waals surface area contributed by atoms with E-state index in [9.17, 15) is 43.2 Å². The molecule has 19 heteroatoms. The Morgan fingerprint density at radius 2 is 0.539 bits per heavy atom. The predicted molar refractivity (Wildman–Crippen MR) is 358 cm³/mol. The highest BCUT2D eigenvalue weighted by atomic mass is 31.2. The lowest BCUT2D eigenvalue weighted by Gasteiger charge is -2.21. The molecule has 0 heterocycles. The van der Waals surface area contributed by atoms with Gasteiger partial charge in [0.15, 0.2) is 12.2 Å². The third-order valence-electron chi connectivity index (χ3n) is 16.4. The number of unbranched alkanes of at least 4 members (excludes halogenated alkanes) is 32. The topological polar surface area (TPSA) is 237 Å². The summed E-state index contributed by atoms with van der Waals surface area (Å²) in [7, 11) is -9.90. The fraction of sp³-hybridized carbons (Fsp3) is 0.943. The van der Waals surface area contributed by atoms with Crippen LogP contribution in [0.5, 0.6) is 0 Å². The zero-order valence-corrected chi connectivity index (χ0v) is 59.8. The highest BCUT2D eigenvalue weighted by Crippen LogP contribution is 2.45. The van der Waals surface area contributed by atoms with Crippen LogP contribution >= 0.6 is 15.6 Å². The number of carbonyl (C=O) groups excluding carboxylic acids is 4. The van der Waals surface area contributed by atoms with E-state index in [4.69, 9.17) is 37.0 Å². The molecule has 0 saturated carbocycles. The van der Waals surface area contributed by atoms with Crippen molar-refractivity contribution in [2.45, 2.75) is 363 Å². The van der Waals surface area contributed by atoms with Gasteiger partial charge in [-0.3, -0.25) is 37.3 Å². The highest BCUT2D eigenvalue weighted by Gasteiger charge is 2.30. The highest BCUT2D eigenvalue weighted by molar-refractivity contribution is 7.47. The van der Waals surface area contributed by atoms with E-state index in [-0.39, 0.29) is 25.7 Å². The van der Waals surface area contributed by atoms with Gasteiger partial charge in [-0.2, -0.15) is 0 Å². The summed E-state index contributed by atoms with van der Waals surface area (Å²) >= 11 is 0. The minimum Gasteiger partial charge on any atom is -0.462 e. The van der Waals surface area contributed by atoms with Crippen LogP contribution in [0.3, 0.4) is 0 Å². The molecule has 0 aliphatic heterocycles. The number of ether oxygens (including phenoxy) is 4. The van der Waals surface area contributed by atoms with Crippen LogP contribution < -0.4 is 0 Å². The van der Waals surface area contributed by atoms with Gasteiger partial charge in [0.25, 0.3) is 0 Å². The molecular formula is C70H136O17P2. The first-order valence-electron chi connectivity index (χ1n) is 36.2. The summed E-state index contributed by atoms with van der Waals surface area (Å²) in [5, 5.41) is 10.6. The van der Waals surface area contributed by atoms with E-state index < -0.39 is 97.5 Å². The van der Waals surface area contributed by atoms with Crippen molar-refractivity contribution in [3.05, 3.63) is 0 Å². The minimum atomic E-state index is -4.95. The standard InChI is InChI=1S/C70H136O17P2/c1-9-63(8)49-41-33-28-29-37-45-53-70(75)87-66(57-81-68(73)51-43-35-27-21-24-32-40-48-62(6)7)59-85-89(78,79)83-55-64(71)54-82-88(76,77)84-58-65(56-80-67(72)50-42-34-25-19-16-12-14-18-23-31-39-47-61(4)5)86-69(74)52-44-36-26-20-15-11-10-13-17-22-30-38-46-60(2)3/h60-66,71H,9-59H2,1-8H3,(H,76,77)(H,78,79)/t63?,64?,65-,66-/m1/s1. The average molecular weight is 1310 g/mol. The molecular weight excluding hydrogens is 1170 g/mol. The van der Waals surface area contributed by atoms with Crippen LogP contribution in [0.1, 0.15) is 344 Å². The molecule has 0 radical (unpaired) electrons. The zero-order valence-electron chi connectivity index (χ0n) is 58.1. The first-order valence-corrected chi connectivity index (χ1v) is 39.2. The van der Waals surface area contributed by atoms with Crippen LogP contribution in [0, 0.1) is 23.7 Å². The van der Waals surface area contributed by atoms with Gasteiger partial charge in [0, 0.05) is 25.7 Å². The molecule has 0 fully saturated rings. The SMILES string of the molecule is CCC(C)CCCCCCCCC(=O)O[C@H](COC(=O)CCCCCCCCCC(C)C)COP(=O)(O)OCC(O)COP(=O)(O)OC[C@@H](COC(=O)CCCCCCCCCCCCCC(C)C)OC(=O)CCCCCCCCCCCCCCC(C)C. The summed E-state index contributed by atoms with van der Waals surface area (Å²) in [6.07, 6.45) is 41.8. The lowest BCUT2D eigenvalue weighted by molar-refractivity contribution is -0.161. The number of phosphoric acid groups is 2. The second-order valence-corrected chi connectivity index (χ2v) is 29.8. The lowest BCUT2D eigenvalue weighted by atomic mass is 10.00. The number of carbonyl (C=O) groups is 4. The van der Waals surface area contributed by atoms with Gasteiger partial charge < -0.3 is 33.8 Å². The van der Waals surface area contributed by atoms with Gasteiger partial charge in [-0.25, -0.2) is 9.13 Å². The number of hydrogen-bond donors (Lipinski definition) is 3. The van der Waals surface area contributed by atoms with E-state index in [1.54, 1.807) is 0 Å². The van der Waals surface area contributed by atoms with Gasteiger partial charge in [-0.15, -0.1) is 0 Å². The monoisotopic (exact) mass is 1310 g/mol. The lowest BCUT2D eigenvalue weighted by Crippen LogP contribution is -2.30. The van der Waals surface area contributed by atoms with Crippen molar-refractivity contribution in [1.29, 1.82) is 0 Å². The summed E-state index contributed by atoms with van der Waals surface area (Å²) in [6, 6.07) is 0. The summed E-state index contributed by atoms with van der Waals surface area (Å²) in [6.45, 7) is 14.1. The van der Waals surface area contributed by atoms with E-state index in [0.29, 0.717) is 31.6 Å². The third kappa shape index (κ3) is 63.2. The molecule has 89 heavy (non-hydrogen) atoms. The Hall–Kier alpha value is -1.94. The average Bonchev–Trinajstić information content (AvgIpc) is 3.68. The van der Waals surface area contributed by atoms with E-state index in [1.165, 1.54) is 141 Å². The summed E-state index contributed by atoms with van der Waals surface area (Å²) in [5.74, 6) is 0.841. The van der Waals surface area contributed by atoms with Gasteiger partial charge in [0.05, 0.1) is 26.4 Å². The molecule has 0 rings (SSSR count). The molecule has 0 aromatic heterocycles. The van der Waals surface area contributed by atoms with Crippen molar-refractivity contribution in [3.8, 4) is 0 Å². The Labute approximate surface area is 543 Å². The van der Waals surface area contributed by atoms with Crippen molar-refractivity contribution in [2.75, 3.05) is 39.6 Å². The van der Waals surface area contributed by atoms with Crippen LogP contribution in [-0.2, 0) is 65.4 Å². The molecule has 0 aromatic carbocycles. The molecule has 4 unspecified atom stereocenters. The van der Waals surface area contributed by atoms with E-state index in [1.807, 2.05) is 0 Å². The largest absolute Gasteiger partial charge is 0.472 e. The Bertz CT molecular complexity index is 1770. The van der Waals surface area contributed by atoms with Crippen molar-refractivity contribution in [3.63, 3.8) is 0 Å². The molecule has 528 valence electrons. The molecule has 0 aromatic rings. The summed E-state index contributed by atoms with van der Waals surface area (Å²) in [5.41, 5.74) is 0. The Kier molecular flexibility index (Phi) is 58.5. The molecule has 0 saturated heterocycles. The van der Waals surface area contributed by atoms with Gasteiger partial charge in [-0.05, 0) is 49.4 Å². The number of esters is 4. The zero-order chi connectivity index (χ0) is 66.1. The Morgan fingerprint density at radius 3 is 0.798 bits per heavy atom. The second-order valence-electron chi connectivity index (χ2n) is 26.9. The van der Waals surface area contributed by atoms with Crippen molar-refractivity contribution in [1.82, 2.24) is 0 Å². The van der Waals surface area contributed by atoms with Gasteiger partial charge in [-0.1, -0.05) is 293 Å². The van der Waals surface area contributed by atoms with Crippen LogP contribution in [-0.4, -0.2) is 96.7 Å². The Balaban J connectivity index is 5.25. The van der Waals surface area contributed by atoms with Crippen LogP contribution in [0.15, 0.2) is 0 Å². The third-order valence-corrected chi connectivity index (χ3v) is 18.3. The molecule has 0 aliphatic rings. The maximum atomic E-state index is 13.0. The van der Waals surface area contributed by atoms with Crippen molar-refractivity contribution < 1.29 is 80.2 Å². The maximum Gasteiger partial charge on any atom is 0.472 e. The molecule has 6 atom stereocenters. The van der Waals surface area contributed by atoms with Gasteiger partial charge >= 0.3 is 39.5 Å². The minimum absolute atomic E-state index is 0.102. The van der Waals surface area contributed by atoms with E-state index in [2.05, 4.69) is 55.4 Å². The van der Waals surface area contributed by atoms with Crippen LogP contribution in [0.2, 0.25) is 0 Å². The van der Waals surface area contributed by atoms with E-state index in [0.717, 1.165) is 114 Å². The fourth-order valence-electron chi connectivity index (χ4n) is 10.5. The van der Waals surface area contributed by atoms with E-state index >= 15 is 0 Å². The molecule has 3 N–H and O–H groups in total. The summed E-state index contributed by atoms with van der Waals surface area (Å²) < 4.78 is 68.3. The van der Waals surface area contributed by atoms with Gasteiger partial charge in [0.2, 0.25) is 0 Å². The smallest absolute Gasteiger partial charge is 0.462 e. The quantitative estimate of drug-likeness (QED) is 0.0222. The number of rotatable bonds is 67. The Morgan fingerprint density at radius 1 is 0.315 bits per heavy atom. The number of phosphoric ester groups is 2. The maximum absolute atomic E-state index is 13.0. The van der Waals surface area contributed by atoms with Crippen LogP contribution in [0.25, 0.3) is 0 Å². The van der Waals surface area contributed by atoms with Gasteiger partial charge in [0.1, 0.15) is 19.3 Å². The molecule has 17 nitrogen and oxygen atoms in total. The number of hydrogen-bond acceptors (Lipinski definition) is 15. The first kappa shape index (κ1) is 87.1. The molecule has 0 amide bonds. The van der Waals surface area contributed by atoms with Crippen LogP contribution in [0.4, 0.5) is 0 Å². The normalized spacial score (nSPS) is 14.6. The van der Waals surface area contributed by atoms with Crippen molar-refractivity contribution in [2.24, 2.45) is 23.7 Å². The van der Waals surface area contributed by atoms with Crippen molar-refractivity contribution >= 4 is 39.5 Å². The summed E-state index contributed by atoms with van der Waals surface area (Å²) in [4.78, 5) is 72.5. The fourth-order valence-corrected chi connectivity index (χ4v) is 12.0. The number of aliphatic hydroxyl groups excluding tert-OH is 1. The predicted octanol–water partition coefficient (Wildman–Crippen LogP) is 19.7. The molecule has 0 spiro atoms. The molecule has 0 aliphatic carbocycles. The number of aliphatic hydroxyl groups is 1. The second kappa shape index (κ2) is 59.8. The molecule has 0 bridgehead atoms.